The van der Waals surface area contributed by atoms with Crippen LogP contribution in [0, 0.1) is 3.57 Å². The van der Waals surface area contributed by atoms with E-state index in [1.165, 1.54) is 0 Å². The Labute approximate surface area is 98.0 Å². The Bertz CT molecular complexity index is 288. The maximum atomic E-state index is 6.06. The van der Waals surface area contributed by atoms with Crippen LogP contribution in [0.2, 0.25) is 5.02 Å². The molecule has 0 bridgehead atoms. The van der Waals surface area contributed by atoms with Crippen molar-refractivity contribution in [1.29, 1.82) is 0 Å². The monoisotopic (exact) mass is 309 g/mol. The van der Waals surface area contributed by atoms with Gasteiger partial charge in [-0.1, -0.05) is 18.5 Å². The Balaban J connectivity index is 2.77. The number of anilines is 1. The van der Waals surface area contributed by atoms with Crippen LogP contribution in [-0.4, -0.2) is 6.04 Å². The molecule has 1 N–H and O–H groups in total. The molecule has 13 heavy (non-hydrogen) atoms. The van der Waals surface area contributed by atoms with Gasteiger partial charge in [0.05, 0.1) is 10.7 Å². The molecule has 0 saturated carbocycles. The molecular formula is C10H13ClIN. The number of nitrogens with one attached hydrogen (secondary N) is 1. The van der Waals surface area contributed by atoms with Gasteiger partial charge in [0.2, 0.25) is 0 Å². The summed E-state index contributed by atoms with van der Waals surface area (Å²) < 4.78 is 1.16. The first-order chi connectivity index (χ1) is 6.13. The van der Waals surface area contributed by atoms with E-state index in [0.29, 0.717) is 6.04 Å². The van der Waals surface area contributed by atoms with Gasteiger partial charge in [-0.05, 0) is 54.1 Å². The molecule has 0 aliphatic carbocycles. The molecule has 0 fully saturated rings. The lowest BCUT2D eigenvalue weighted by Gasteiger charge is -2.14. The van der Waals surface area contributed by atoms with E-state index in [1.807, 2.05) is 12.1 Å². The summed E-state index contributed by atoms with van der Waals surface area (Å²) in [6.07, 6.45) is 1.10. The maximum absolute atomic E-state index is 6.06. The first kappa shape index (κ1) is 11.1. The summed E-state index contributed by atoms with van der Waals surface area (Å²) in [6.45, 7) is 4.30. The highest BCUT2D eigenvalue weighted by molar-refractivity contribution is 14.1. The topological polar surface area (TPSA) is 12.0 Å². The number of rotatable bonds is 3. The van der Waals surface area contributed by atoms with Gasteiger partial charge in [0.15, 0.2) is 0 Å². The summed E-state index contributed by atoms with van der Waals surface area (Å²) in [5.41, 5.74) is 1.02. The summed E-state index contributed by atoms with van der Waals surface area (Å²) in [5, 5.41) is 4.15. The molecule has 1 aromatic carbocycles. The number of hydrogen-bond acceptors (Lipinski definition) is 1. The standard InChI is InChI=1S/C10H13ClIN/c1-3-7(2)13-10-5-4-8(12)6-9(10)11/h4-7,13H,3H2,1-2H3. The van der Waals surface area contributed by atoms with Crippen molar-refractivity contribution in [1.82, 2.24) is 0 Å². The molecule has 1 aromatic rings. The van der Waals surface area contributed by atoms with Crippen molar-refractivity contribution in [2.24, 2.45) is 0 Å². The molecule has 0 amide bonds. The van der Waals surface area contributed by atoms with Crippen molar-refractivity contribution in [3.8, 4) is 0 Å². The highest BCUT2D eigenvalue weighted by Crippen LogP contribution is 2.24. The number of halogens is 2. The van der Waals surface area contributed by atoms with E-state index < -0.39 is 0 Å². The highest BCUT2D eigenvalue weighted by atomic mass is 127. The molecule has 1 rings (SSSR count). The summed E-state index contributed by atoms with van der Waals surface area (Å²) in [5.74, 6) is 0. The zero-order valence-corrected chi connectivity index (χ0v) is 10.7. The molecule has 0 aromatic heterocycles. The summed E-state index contributed by atoms with van der Waals surface area (Å²) in [6, 6.07) is 6.51. The minimum Gasteiger partial charge on any atom is -0.381 e. The Morgan fingerprint density at radius 1 is 1.54 bits per heavy atom. The molecule has 0 spiro atoms. The molecule has 1 nitrogen and oxygen atoms in total. The maximum Gasteiger partial charge on any atom is 0.0648 e. The molecular weight excluding hydrogens is 296 g/mol. The lowest BCUT2D eigenvalue weighted by atomic mass is 10.2. The SMILES string of the molecule is CCC(C)Nc1ccc(I)cc1Cl. The Morgan fingerprint density at radius 3 is 2.77 bits per heavy atom. The normalized spacial score (nSPS) is 12.6. The van der Waals surface area contributed by atoms with Crippen molar-refractivity contribution in [2.45, 2.75) is 26.3 Å². The number of benzene rings is 1. The first-order valence-electron chi connectivity index (χ1n) is 4.35. The third-order valence-corrected chi connectivity index (χ3v) is 2.93. The Kier molecular flexibility index (Phi) is 4.32. The fraction of sp³-hybridized carbons (Fsp3) is 0.400. The number of hydrogen-bond donors (Lipinski definition) is 1. The molecule has 1 unspecified atom stereocenters. The van der Waals surface area contributed by atoms with Crippen LogP contribution in [0.4, 0.5) is 5.69 Å². The van der Waals surface area contributed by atoms with E-state index in [9.17, 15) is 0 Å². The average Bonchev–Trinajstić information content (AvgIpc) is 2.09. The van der Waals surface area contributed by atoms with Gasteiger partial charge in [0.1, 0.15) is 0 Å². The van der Waals surface area contributed by atoms with E-state index in [-0.39, 0.29) is 0 Å². The van der Waals surface area contributed by atoms with Crippen molar-refractivity contribution in [2.75, 3.05) is 5.32 Å². The van der Waals surface area contributed by atoms with Gasteiger partial charge in [-0.3, -0.25) is 0 Å². The third kappa shape index (κ3) is 3.35. The fourth-order valence-corrected chi connectivity index (χ4v) is 1.88. The molecule has 0 radical (unpaired) electrons. The second-order valence-electron chi connectivity index (χ2n) is 3.08. The van der Waals surface area contributed by atoms with E-state index >= 15 is 0 Å². The molecule has 0 heterocycles. The third-order valence-electron chi connectivity index (χ3n) is 1.95. The molecule has 0 aliphatic rings. The highest BCUT2D eigenvalue weighted by Gasteiger charge is 2.03. The summed E-state index contributed by atoms with van der Waals surface area (Å²) >= 11 is 8.32. The minimum absolute atomic E-state index is 0.470. The van der Waals surface area contributed by atoms with Gasteiger partial charge >= 0.3 is 0 Å². The minimum atomic E-state index is 0.470. The van der Waals surface area contributed by atoms with Gasteiger partial charge in [-0.25, -0.2) is 0 Å². The van der Waals surface area contributed by atoms with Crippen LogP contribution in [0.25, 0.3) is 0 Å². The molecule has 1 atom stereocenters. The largest absolute Gasteiger partial charge is 0.381 e. The summed E-state index contributed by atoms with van der Waals surface area (Å²) in [7, 11) is 0. The van der Waals surface area contributed by atoms with E-state index in [4.69, 9.17) is 11.6 Å². The van der Waals surface area contributed by atoms with Crippen LogP contribution in [0.5, 0.6) is 0 Å². The van der Waals surface area contributed by atoms with Crippen molar-refractivity contribution < 1.29 is 0 Å². The zero-order chi connectivity index (χ0) is 9.84. The van der Waals surface area contributed by atoms with Crippen LogP contribution >= 0.6 is 34.2 Å². The van der Waals surface area contributed by atoms with E-state index in [0.717, 1.165) is 20.7 Å². The van der Waals surface area contributed by atoms with Gasteiger partial charge in [-0.15, -0.1) is 0 Å². The summed E-state index contributed by atoms with van der Waals surface area (Å²) in [4.78, 5) is 0. The van der Waals surface area contributed by atoms with E-state index in [2.05, 4.69) is 47.8 Å². The van der Waals surface area contributed by atoms with Gasteiger partial charge < -0.3 is 5.32 Å². The molecule has 0 saturated heterocycles. The second kappa shape index (κ2) is 5.05. The predicted octanol–water partition coefficient (Wildman–Crippen LogP) is 4.16. The Morgan fingerprint density at radius 2 is 2.23 bits per heavy atom. The van der Waals surface area contributed by atoms with Gasteiger partial charge in [0.25, 0.3) is 0 Å². The Hall–Kier alpha value is 0.0400. The van der Waals surface area contributed by atoms with Crippen LogP contribution in [0.15, 0.2) is 18.2 Å². The quantitative estimate of drug-likeness (QED) is 0.827. The lowest BCUT2D eigenvalue weighted by molar-refractivity contribution is 0.764. The van der Waals surface area contributed by atoms with Crippen LogP contribution in [0.1, 0.15) is 20.3 Å². The lowest BCUT2D eigenvalue weighted by Crippen LogP contribution is -2.13. The zero-order valence-electron chi connectivity index (χ0n) is 7.77. The van der Waals surface area contributed by atoms with Crippen molar-refractivity contribution >= 4 is 39.9 Å². The predicted molar refractivity (Wildman–Crippen MR) is 67.5 cm³/mol. The first-order valence-corrected chi connectivity index (χ1v) is 5.80. The van der Waals surface area contributed by atoms with Crippen molar-refractivity contribution in [3.05, 3.63) is 26.8 Å². The van der Waals surface area contributed by atoms with Crippen LogP contribution < -0.4 is 5.32 Å². The second-order valence-corrected chi connectivity index (χ2v) is 4.73. The van der Waals surface area contributed by atoms with Crippen LogP contribution in [-0.2, 0) is 0 Å². The smallest absolute Gasteiger partial charge is 0.0648 e. The van der Waals surface area contributed by atoms with Gasteiger partial charge in [0, 0.05) is 9.61 Å². The average molecular weight is 310 g/mol. The molecule has 3 heteroatoms. The fourth-order valence-electron chi connectivity index (χ4n) is 0.974. The van der Waals surface area contributed by atoms with Crippen molar-refractivity contribution in [3.63, 3.8) is 0 Å². The van der Waals surface area contributed by atoms with Crippen LogP contribution in [0.3, 0.4) is 0 Å². The van der Waals surface area contributed by atoms with Gasteiger partial charge in [-0.2, -0.15) is 0 Å². The molecule has 0 aliphatic heterocycles. The molecule has 72 valence electrons. The van der Waals surface area contributed by atoms with E-state index in [1.54, 1.807) is 0 Å².